The Balaban J connectivity index is 1.81. The predicted octanol–water partition coefficient (Wildman–Crippen LogP) is 2.53. The highest BCUT2D eigenvalue weighted by Crippen LogP contribution is 2.39. The Hall–Kier alpha value is -4.11. The number of imidazole rings is 1. The lowest BCUT2D eigenvalue weighted by molar-refractivity contribution is 0.541. The van der Waals surface area contributed by atoms with Gasteiger partial charge in [0.2, 0.25) is 0 Å². The van der Waals surface area contributed by atoms with Crippen molar-refractivity contribution in [3.8, 4) is 6.07 Å². The smallest absolute Gasteiger partial charge is 0.177 e. The van der Waals surface area contributed by atoms with Crippen LogP contribution in [0.5, 0.6) is 0 Å². The van der Waals surface area contributed by atoms with Crippen LogP contribution in [-0.2, 0) is 16.4 Å². The molecule has 0 amide bonds. The van der Waals surface area contributed by atoms with Crippen LogP contribution in [0.15, 0.2) is 41.6 Å². The summed E-state index contributed by atoms with van der Waals surface area (Å²) in [7, 11) is -3.63. The minimum absolute atomic E-state index is 0.00240. The molecule has 166 valence electrons. The van der Waals surface area contributed by atoms with Crippen LogP contribution in [0.2, 0.25) is 0 Å². The molecule has 1 atom stereocenters. The van der Waals surface area contributed by atoms with Gasteiger partial charge in [-0.05, 0) is 23.8 Å². The first-order valence-corrected chi connectivity index (χ1v) is 11.5. The number of benzene rings is 2. The van der Waals surface area contributed by atoms with Crippen LogP contribution in [-0.4, -0.2) is 34.2 Å². The molecule has 0 radical (unpaired) electrons. The second-order valence-corrected chi connectivity index (χ2v) is 9.57. The second kappa shape index (κ2) is 7.21. The van der Waals surface area contributed by atoms with Crippen LogP contribution in [0, 0.1) is 23.0 Å². The number of nitrogens with two attached hydrogens (primary N) is 1. The first kappa shape index (κ1) is 20.8. The van der Waals surface area contributed by atoms with E-state index in [0.29, 0.717) is 16.6 Å². The zero-order valence-electron chi connectivity index (χ0n) is 17.0. The lowest BCUT2D eigenvalue weighted by atomic mass is 9.95. The third kappa shape index (κ3) is 3.25. The van der Waals surface area contributed by atoms with Gasteiger partial charge in [-0.15, -0.1) is 0 Å². The van der Waals surface area contributed by atoms with E-state index in [-0.39, 0.29) is 40.0 Å². The predicted molar refractivity (Wildman–Crippen MR) is 115 cm³/mol. The minimum Gasteiger partial charge on any atom is -0.382 e. The fraction of sp³-hybridized carbons (Fsp3) is 0.143. The van der Waals surface area contributed by atoms with Crippen LogP contribution in [0.1, 0.15) is 28.6 Å². The van der Waals surface area contributed by atoms with Crippen LogP contribution >= 0.6 is 0 Å². The molecule has 1 aliphatic heterocycles. The number of sulfone groups is 1. The zero-order chi connectivity index (χ0) is 23.5. The van der Waals surface area contributed by atoms with E-state index >= 15 is 4.39 Å². The quantitative estimate of drug-likeness (QED) is 0.469. The SMILES string of the molecule is CS(=O)(=O)c1cccc2nc3n(c12)Cc1cc(F)cc(F)c1[C@@H]3Nc1ncnc(N)c1C#N. The molecule has 9 nitrogen and oxygen atoms in total. The Morgan fingerprint density at radius 2 is 2.06 bits per heavy atom. The first-order valence-electron chi connectivity index (χ1n) is 9.63. The van der Waals surface area contributed by atoms with Crippen molar-refractivity contribution in [1.29, 1.82) is 5.26 Å². The van der Waals surface area contributed by atoms with E-state index in [1.165, 1.54) is 12.1 Å². The van der Waals surface area contributed by atoms with Gasteiger partial charge in [-0.25, -0.2) is 32.2 Å². The lowest BCUT2D eigenvalue weighted by Crippen LogP contribution is -2.27. The Labute approximate surface area is 186 Å². The molecule has 4 aromatic rings. The van der Waals surface area contributed by atoms with Gasteiger partial charge in [0.05, 0.1) is 22.5 Å². The molecule has 3 heterocycles. The monoisotopic (exact) mass is 467 g/mol. The molecule has 12 heteroatoms. The summed E-state index contributed by atoms with van der Waals surface area (Å²) in [5.74, 6) is -1.35. The van der Waals surface area contributed by atoms with Gasteiger partial charge in [-0.2, -0.15) is 5.26 Å². The standard InChI is InChI=1S/C21H15F2N7O2S/c1-33(31,32)15-4-2-3-14-18(15)30-8-10-5-11(22)6-13(23)16(10)17(21(30)28-14)29-20-12(7-24)19(25)26-9-27-20/h2-6,9,17H,8H2,1H3,(H3,25,26,27,29)/t17-/m0/s1. The Morgan fingerprint density at radius 1 is 1.27 bits per heavy atom. The first-order chi connectivity index (χ1) is 15.7. The Kier molecular flexibility index (Phi) is 4.54. The summed E-state index contributed by atoms with van der Waals surface area (Å²) in [6.07, 6.45) is 2.23. The zero-order valence-corrected chi connectivity index (χ0v) is 17.9. The molecule has 0 spiro atoms. The van der Waals surface area contributed by atoms with E-state index < -0.39 is 27.5 Å². The van der Waals surface area contributed by atoms with E-state index in [1.807, 2.05) is 6.07 Å². The van der Waals surface area contributed by atoms with Gasteiger partial charge >= 0.3 is 0 Å². The van der Waals surface area contributed by atoms with Crippen molar-refractivity contribution in [2.24, 2.45) is 0 Å². The summed E-state index contributed by atoms with van der Waals surface area (Å²) in [5, 5.41) is 12.5. The van der Waals surface area contributed by atoms with E-state index in [4.69, 9.17) is 5.73 Å². The van der Waals surface area contributed by atoms with E-state index in [9.17, 15) is 18.1 Å². The van der Waals surface area contributed by atoms with Gasteiger partial charge in [0.15, 0.2) is 9.84 Å². The fourth-order valence-electron chi connectivity index (χ4n) is 4.13. The Morgan fingerprint density at radius 3 is 2.79 bits per heavy atom. The van der Waals surface area contributed by atoms with Gasteiger partial charge in [0, 0.05) is 17.9 Å². The largest absolute Gasteiger partial charge is 0.382 e. The van der Waals surface area contributed by atoms with Crippen LogP contribution in [0.25, 0.3) is 11.0 Å². The highest BCUT2D eigenvalue weighted by molar-refractivity contribution is 7.91. The number of hydrogen-bond donors (Lipinski definition) is 2. The topological polar surface area (TPSA) is 140 Å². The minimum atomic E-state index is -3.63. The lowest BCUT2D eigenvalue weighted by Gasteiger charge is -2.29. The third-order valence-corrected chi connectivity index (χ3v) is 6.61. The molecule has 0 saturated carbocycles. The van der Waals surface area contributed by atoms with Crippen molar-refractivity contribution in [3.05, 3.63) is 70.8 Å². The molecule has 0 unspecified atom stereocenters. The number of anilines is 2. The summed E-state index contributed by atoms with van der Waals surface area (Å²) < 4.78 is 55.6. The molecule has 0 fully saturated rings. The molecule has 3 N–H and O–H groups in total. The normalized spacial score (nSPS) is 15.0. The van der Waals surface area contributed by atoms with Gasteiger partial charge in [-0.3, -0.25) is 0 Å². The van der Waals surface area contributed by atoms with Crippen LogP contribution in [0.4, 0.5) is 20.4 Å². The number of aromatic nitrogens is 4. The van der Waals surface area contributed by atoms with Crippen molar-refractivity contribution in [1.82, 2.24) is 19.5 Å². The van der Waals surface area contributed by atoms with Crippen molar-refractivity contribution in [3.63, 3.8) is 0 Å². The summed E-state index contributed by atoms with van der Waals surface area (Å²) >= 11 is 0. The number of nitrogen functional groups attached to an aromatic ring is 1. The third-order valence-electron chi connectivity index (χ3n) is 5.48. The van der Waals surface area contributed by atoms with Gasteiger partial charge in [0.25, 0.3) is 0 Å². The van der Waals surface area contributed by atoms with Gasteiger partial charge < -0.3 is 15.6 Å². The maximum atomic E-state index is 15.0. The maximum absolute atomic E-state index is 15.0. The van der Waals surface area contributed by atoms with Crippen molar-refractivity contribution < 1.29 is 17.2 Å². The molecule has 0 saturated heterocycles. The molecular formula is C21H15F2N7O2S. The number of halogens is 2. The number of nitrogens with zero attached hydrogens (tertiary/aromatic N) is 5. The van der Waals surface area contributed by atoms with Crippen molar-refractivity contribution in [2.45, 2.75) is 17.5 Å². The number of fused-ring (bicyclic) bond motifs is 4. The van der Waals surface area contributed by atoms with Gasteiger partial charge in [-0.1, -0.05) is 6.07 Å². The fourth-order valence-corrected chi connectivity index (χ4v) is 5.03. The summed E-state index contributed by atoms with van der Waals surface area (Å²) in [4.78, 5) is 12.4. The highest BCUT2D eigenvalue weighted by Gasteiger charge is 2.34. The Bertz CT molecular complexity index is 1610. The van der Waals surface area contributed by atoms with Crippen LogP contribution in [0.3, 0.4) is 0 Å². The maximum Gasteiger partial charge on any atom is 0.177 e. The average molecular weight is 467 g/mol. The second-order valence-electron chi connectivity index (χ2n) is 7.58. The summed E-state index contributed by atoms with van der Waals surface area (Å²) in [6.45, 7) is -0.00240. The highest BCUT2D eigenvalue weighted by atomic mass is 32.2. The number of rotatable bonds is 3. The summed E-state index contributed by atoms with van der Waals surface area (Å²) in [6, 6.07) is 7.48. The molecule has 2 aromatic carbocycles. The number of hydrogen-bond acceptors (Lipinski definition) is 8. The van der Waals surface area contributed by atoms with Gasteiger partial charge in [0.1, 0.15) is 53.1 Å². The molecular weight excluding hydrogens is 452 g/mol. The van der Waals surface area contributed by atoms with Crippen LogP contribution < -0.4 is 11.1 Å². The number of nitrogens with one attached hydrogen (secondary N) is 1. The van der Waals surface area contributed by atoms with E-state index in [1.54, 1.807) is 16.7 Å². The molecule has 1 aliphatic rings. The molecule has 0 aliphatic carbocycles. The van der Waals surface area contributed by atoms with E-state index in [0.717, 1.165) is 18.6 Å². The number of para-hydroxylation sites is 1. The molecule has 0 bridgehead atoms. The molecule has 2 aromatic heterocycles. The van der Waals surface area contributed by atoms with Crippen molar-refractivity contribution in [2.75, 3.05) is 17.3 Å². The molecule has 5 rings (SSSR count). The number of nitriles is 1. The molecule has 33 heavy (non-hydrogen) atoms. The van der Waals surface area contributed by atoms with Crippen molar-refractivity contribution >= 4 is 32.5 Å². The average Bonchev–Trinajstić information content (AvgIpc) is 3.11. The van der Waals surface area contributed by atoms with E-state index in [2.05, 4.69) is 20.3 Å². The summed E-state index contributed by atoms with van der Waals surface area (Å²) in [5.41, 5.74) is 6.83.